The van der Waals surface area contributed by atoms with Gasteiger partial charge in [0.25, 0.3) is 0 Å². The fourth-order valence-corrected chi connectivity index (χ4v) is 1.03. The maximum Gasteiger partial charge on any atom is 0.161 e. The largest absolute Gasteiger partial charge is 0.204 e. The normalized spacial score (nSPS) is 10.2. The van der Waals surface area contributed by atoms with Crippen molar-refractivity contribution in [3.63, 3.8) is 0 Å². The van der Waals surface area contributed by atoms with E-state index < -0.39 is 11.6 Å². The standard InChI is InChI=1S/C8H7ClF2/c1-5-2-6(4-9)3-7(10)8(5)11/h2-3H,4H2,1H3. The van der Waals surface area contributed by atoms with Crippen molar-refractivity contribution in [3.05, 3.63) is 34.9 Å². The zero-order valence-corrected chi connectivity index (χ0v) is 6.75. The molecule has 1 aromatic rings. The van der Waals surface area contributed by atoms with Gasteiger partial charge >= 0.3 is 0 Å². The second kappa shape index (κ2) is 3.18. The molecule has 0 aliphatic heterocycles. The number of aryl methyl sites for hydroxylation is 1. The van der Waals surface area contributed by atoms with Gasteiger partial charge in [0.1, 0.15) is 0 Å². The Labute approximate surface area is 68.8 Å². The number of halogens is 3. The highest BCUT2D eigenvalue weighted by atomic mass is 35.5. The first-order chi connectivity index (χ1) is 5.15. The highest BCUT2D eigenvalue weighted by Gasteiger charge is 2.05. The molecule has 0 nitrogen and oxygen atoms in total. The second-order valence-corrected chi connectivity index (χ2v) is 2.61. The Morgan fingerprint density at radius 3 is 2.45 bits per heavy atom. The first kappa shape index (κ1) is 8.47. The second-order valence-electron chi connectivity index (χ2n) is 2.34. The summed E-state index contributed by atoms with van der Waals surface area (Å²) in [5, 5.41) is 0. The summed E-state index contributed by atoms with van der Waals surface area (Å²) in [5.41, 5.74) is 0.892. The predicted molar refractivity (Wildman–Crippen MR) is 40.7 cm³/mol. The molecule has 0 saturated heterocycles. The van der Waals surface area contributed by atoms with Crippen LogP contribution in [-0.2, 0) is 5.88 Å². The quantitative estimate of drug-likeness (QED) is 0.577. The number of benzene rings is 1. The van der Waals surface area contributed by atoms with E-state index in [4.69, 9.17) is 11.6 Å². The van der Waals surface area contributed by atoms with E-state index in [2.05, 4.69) is 0 Å². The van der Waals surface area contributed by atoms with Gasteiger partial charge in [0, 0.05) is 5.88 Å². The summed E-state index contributed by atoms with van der Waals surface area (Å²) in [6.45, 7) is 1.51. The van der Waals surface area contributed by atoms with Crippen LogP contribution in [0.3, 0.4) is 0 Å². The van der Waals surface area contributed by atoms with Gasteiger partial charge < -0.3 is 0 Å². The van der Waals surface area contributed by atoms with Gasteiger partial charge in [0.15, 0.2) is 11.6 Å². The summed E-state index contributed by atoms with van der Waals surface area (Å²) in [5.74, 6) is -1.42. The predicted octanol–water partition coefficient (Wildman–Crippen LogP) is 3.01. The maximum absolute atomic E-state index is 12.6. The Kier molecular flexibility index (Phi) is 2.45. The molecule has 11 heavy (non-hydrogen) atoms. The summed E-state index contributed by atoms with van der Waals surface area (Å²) < 4.78 is 25.2. The lowest BCUT2D eigenvalue weighted by Gasteiger charge is -2.00. The van der Waals surface area contributed by atoms with Crippen LogP contribution in [0.25, 0.3) is 0 Å². The zero-order chi connectivity index (χ0) is 8.43. The molecule has 1 aromatic carbocycles. The number of rotatable bonds is 1. The topological polar surface area (TPSA) is 0 Å². The minimum absolute atomic E-state index is 0.206. The molecule has 0 aliphatic rings. The van der Waals surface area contributed by atoms with Crippen LogP contribution in [0.15, 0.2) is 12.1 Å². The minimum Gasteiger partial charge on any atom is -0.204 e. The lowest BCUT2D eigenvalue weighted by atomic mass is 10.1. The van der Waals surface area contributed by atoms with Crippen LogP contribution >= 0.6 is 11.6 Å². The highest BCUT2D eigenvalue weighted by Crippen LogP contribution is 2.15. The van der Waals surface area contributed by atoms with Gasteiger partial charge in [0.2, 0.25) is 0 Å². The van der Waals surface area contributed by atoms with Crippen molar-refractivity contribution in [2.24, 2.45) is 0 Å². The molecule has 3 heteroatoms. The van der Waals surface area contributed by atoms with E-state index in [1.807, 2.05) is 0 Å². The van der Waals surface area contributed by atoms with E-state index in [9.17, 15) is 8.78 Å². The molecular weight excluding hydrogens is 170 g/mol. The van der Waals surface area contributed by atoms with Crippen molar-refractivity contribution < 1.29 is 8.78 Å². The van der Waals surface area contributed by atoms with Crippen molar-refractivity contribution in [1.82, 2.24) is 0 Å². The van der Waals surface area contributed by atoms with Gasteiger partial charge in [-0.05, 0) is 24.1 Å². The smallest absolute Gasteiger partial charge is 0.161 e. The monoisotopic (exact) mass is 176 g/mol. The molecule has 0 heterocycles. The third-order valence-corrected chi connectivity index (χ3v) is 1.73. The van der Waals surface area contributed by atoms with Crippen molar-refractivity contribution in [1.29, 1.82) is 0 Å². The van der Waals surface area contributed by atoms with Crippen LogP contribution in [0, 0.1) is 18.6 Å². The van der Waals surface area contributed by atoms with Gasteiger partial charge in [0.05, 0.1) is 0 Å². The Hall–Kier alpha value is -0.630. The van der Waals surface area contributed by atoms with Crippen molar-refractivity contribution in [2.75, 3.05) is 0 Å². The Bertz CT molecular complexity index is 248. The number of hydrogen-bond donors (Lipinski definition) is 0. The van der Waals surface area contributed by atoms with Gasteiger partial charge in [-0.2, -0.15) is 0 Å². The number of hydrogen-bond acceptors (Lipinski definition) is 0. The minimum atomic E-state index is -0.833. The van der Waals surface area contributed by atoms with Crippen molar-refractivity contribution in [3.8, 4) is 0 Å². The Morgan fingerprint density at radius 2 is 2.00 bits per heavy atom. The van der Waals surface area contributed by atoms with Crippen LogP contribution in [0.2, 0.25) is 0 Å². The summed E-state index contributed by atoms with van der Waals surface area (Å²) in [4.78, 5) is 0. The molecule has 0 fully saturated rings. The highest BCUT2D eigenvalue weighted by molar-refractivity contribution is 6.17. The van der Waals surface area contributed by atoms with E-state index in [0.717, 1.165) is 6.07 Å². The fraction of sp³-hybridized carbons (Fsp3) is 0.250. The zero-order valence-electron chi connectivity index (χ0n) is 6.00. The molecule has 60 valence electrons. The van der Waals surface area contributed by atoms with E-state index in [-0.39, 0.29) is 5.88 Å². The van der Waals surface area contributed by atoms with Crippen LogP contribution < -0.4 is 0 Å². The average Bonchev–Trinajstić information content (AvgIpc) is 1.99. The molecule has 0 atom stereocenters. The average molecular weight is 177 g/mol. The molecule has 0 amide bonds. The fourth-order valence-electron chi connectivity index (χ4n) is 0.875. The van der Waals surface area contributed by atoms with Crippen molar-refractivity contribution >= 4 is 11.6 Å². The van der Waals surface area contributed by atoms with Crippen molar-refractivity contribution in [2.45, 2.75) is 12.8 Å². The number of alkyl halides is 1. The van der Waals surface area contributed by atoms with Crippen LogP contribution in [-0.4, -0.2) is 0 Å². The Balaban J connectivity index is 3.21. The molecule has 0 saturated carbocycles. The third-order valence-electron chi connectivity index (χ3n) is 1.42. The van der Waals surface area contributed by atoms with Gasteiger partial charge in [-0.1, -0.05) is 6.07 Å². The summed E-state index contributed by atoms with van der Waals surface area (Å²) in [6.07, 6.45) is 0. The van der Waals surface area contributed by atoms with Crippen LogP contribution in [0.1, 0.15) is 11.1 Å². The third kappa shape index (κ3) is 1.69. The SMILES string of the molecule is Cc1cc(CCl)cc(F)c1F. The first-order valence-corrected chi connectivity index (χ1v) is 3.69. The lowest BCUT2D eigenvalue weighted by molar-refractivity contribution is 0.502. The first-order valence-electron chi connectivity index (χ1n) is 3.15. The van der Waals surface area contributed by atoms with Crippen LogP contribution in [0.5, 0.6) is 0 Å². The lowest BCUT2D eigenvalue weighted by Crippen LogP contribution is -1.91. The summed E-state index contributed by atoms with van der Waals surface area (Å²) >= 11 is 5.43. The van der Waals surface area contributed by atoms with Gasteiger partial charge in [-0.15, -0.1) is 11.6 Å². The molecule has 0 aliphatic carbocycles. The maximum atomic E-state index is 12.6. The van der Waals surface area contributed by atoms with E-state index in [0.29, 0.717) is 11.1 Å². The van der Waals surface area contributed by atoms with Gasteiger partial charge in [-0.25, -0.2) is 8.78 Å². The van der Waals surface area contributed by atoms with E-state index in [1.54, 1.807) is 0 Å². The van der Waals surface area contributed by atoms with E-state index in [1.165, 1.54) is 13.0 Å². The summed E-state index contributed by atoms with van der Waals surface area (Å²) in [6, 6.07) is 2.64. The summed E-state index contributed by atoms with van der Waals surface area (Å²) in [7, 11) is 0. The molecule has 0 spiro atoms. The van der Waals surface area contributed by atoms with Crippen LogP contribution in [0.4, 0.5) is 8.78 Å². The molecule has 1 rings (SSSR count). The molecule has 0 bridgehead atoms. The molecular formula is C8H7ClF2. The molecule has 0 N–H and O–H groups in total. The Morgan fingerprint density at radius 1 is 1.36 bits per heavy atom. The molecule has 0 radical (unpaired) electrons. The van der Waals surface area contributed by atoms with E-state index >= 15 is 0 Å². The molecule has 0 unspecified atom stereocenters. The van der Waals surface area contributed by atoms with Gasteiger partial charge in [-0.3, -0.25) is 0 Å². The molecule has 0 aromatic heterocycles.